The lowest BCUT2D eigenvalue weighted by Gasteiger charge is -2.36. The standard InChI is InChI=1S/C21H35N3O5/c1-6-8-12(3)23-18(27)16-21-10-9-20(7-2,29-21)14(17(26)22-5)15(21)19(28)24(16)13(4)11-25/h12-16,25H,6-11H2,1-5H3,(H,22,26)(H,23,27)/t12?,13-,14-,15+,16?,20+,21?/m1/s1. The molecular weight excluding hydrogens is 374 g/mol. The molecule has 0 aromatic carbocycles. The fraction of sp³-hybridized carbons (Fsp3) is 0.857. The molecule has 1 spiro atoms. The minimum absolute atomic E-state index is 0.0298. The SMILES string of the molecule is CCCC(C)NC(=O)C1N([C@H](C)CO)C(=O)[C@@H]2[C@H](C(=O)NC)[C@]3(CC)CCC12O3. The van der Waals surface area contributed by atoms with E-state index in [-0.39, 0.29) is 30.4 Å². The Labute approximate surface area is 172 Å². The van der Waals surface area contributed by atoms with E-state index in [1.807, 2.05) is 13.8 Å². The third-order valence-corrected chi connectivity index (χ3v) is 7.25. The molecule has 3 unspecified atom stereocenters. The first-order chi connectivity index (χ1) is 13.7. The molecule has 2 bridgehead atoms. The van der Waals surface area contributed by atoms with Gasteiger partial charge in [0.05, 0.1) is 30.1 Å². The molecule has 0 aliphatic carbocycles. The molecule has 3 aliphatic heterocycles. The number of rotatable bonds is 8. The number of nitrogens with zero attached hydrogens (tertiary/aromatic N) is 1. The number of carbonyl (C=O) groups excluding carboxylic acids is 3. The van der Waals surface area contributed by atoms with Crippen LogP contribution in [0.4, 0.5) is 0 Å². The average Bonchev–Trinajstić information content (AvgIpc) is 3.30. The summed E-state index contributed by atoms with van der Waals surface area (Å²) in [6.45, 7) is 7.43. The van der Waals surface area contributed by atoms with E-state index in [1.54, 1.807) is 14.0 Å². The molecular formula is C21H35N3O5. The van der Waals surface area contributed by atoms with Crippen molar-refractivity contribution in [1.29, 1.82) is 0 Å². The predicted octanol–water partition coefficient (Wildman–Crippen LogP) is 0.573. The normalized spacial score (nSPS) is 37.4. The number of aliphatic hydroxyl groups excluding tert-OH is 1. The minimum Gasteiger partial charge on any atom is -0.394 e. The van der Waals surface area contributed by atoms with E-state index in [4.69, 9.17) is 4.74 Å². The number of nitrogens with one attached hydrogen (secondary N) is 2. The Hall–Kier alpha value is -1.67. The molecule has 0 aromatic heterocycles. The molecule has 8 nitrogen and oxygen atoms in total. The van der Waals surface area contributed by atoms with Crippen molar-refractivity contribution in [2.24, 2.45) is 11.8 Å². The van der Waals surface area contributed by atoms with Crippen LogP contribution in [0.2, 0.25) is 0 Å². The fourth-order valence-electron chi connectivity index (χ4n) is 5.90. The minimum atomic E-state index is -1.02. The fourth-order valence-corrected chi connectivity index (χ4v) is 5.90. The Morgan fingerprint density at radius 2 is 1.97 bits per heavy atom. The second-order valence-electron chi connectivity index (χ2n) is 8.92. The maximum absolute atomic E-state index is 13.6. The van der Waals surface area contributed by atoms with Crippen LogP contribution in [0.5, 0.6) is 0 Å². The van der Waals surface area contributed by atoms with Crippen molar-refractivity contribution in [1.82, 2.24) is 15.5 Å². The highest BCUT2D eigenvalue weighted by atomic mass is 16.5. The highest BCUT2D eigenvalue weighted by molar-refractivity contribution is 5.99. The van der Waals surface area contributed by atoms with Crippen LogP contribution in [0, 0.1) is 11.8 Å². The van der Waals surface area contributed by atoms with Crippen LogP contribution in [-0.4, -0.2) is 70.7 Å². The van der Waals surface area contributed by atoms with E-state index < -0.39 is 35.1 Å². The first-order valence-electron chi connectivity index (χ1n) is 10.9. The number of aliphatic hydroxyl groups is 1. The van der Waals surface area contributed by atoms with Crippen molar-refractivity contribution in [3.8, 4) is 0 Å². The van der Waals surface area contributed by atoms with Gasteiger partial charge >= 0.3 is 0 Å². The molecule has 3 heterocycles. The van der Waals surface area contributed by atoms with Gasteiger partial charge in [0.25, 0.3) is 0 Å². The number of fused-ring (bicyclic) bond motifs is 1. The number of ether oxygens (including phenoxy) is 1. The highest BCUT2D eigenvalue weighted by Crippen LogP contribution is 2.64. The quantitative estimate of drug-likeness (QED) is 0.543. The van der Waals surface area contributed by atoms with Gasteiger partial charge in [-0.1, -0.05) is 20.3 Å². The zero-order valence-electron chi connectivity index (χ0n) is 18.2. The first-order valence-corrected chi connectivity index (χ1v) is 10.9. The van der Waals surface area contributed by atoms with Crippen LogP contribution in [0.1, 0.15) is 59.8 Å². The Morgan fingerprint density at radius 3 is 2.52 bits per heavy atom. The number of hydrogen-bond donors (Lipinski definition) is 3. The Kier molecular flexibility index (Phi) is 5.98. The number of hydrogen-bond acceptors (Lipinski definition) is 5. The molecule has 0 radical (unpaired) electrons. The molecule has 7 atom stereocenters. The summed E-state index contributed by atoms with van der Waals surface area (Å²) in [7, 11) is 1.56. The van der Waals surface area contributed by atoms with E-state index in [2.05, 4.69) is 17.6 Å². The predicted molar refractivity (Wildman–Crippen MR) is 107 cm³/mol. The summed E-state index contributed by atoms with van der Waals surface area (Å²) in [4.78, 5) is 41.3. The number of carbonyl (C=O) groups is 3. The highest BCUT2D eigenvalue weighted by Gasteiger charge is 2.78. The summed E-state index contributed by atoms with van der Waals surface area (Å²) in [5, 5.41) is 15.5. The third kappa shape index (κ3) is 3.06. The van der Waals surface area contributed by atoms with Gasteiger partial charge in [-0.25, -0.2) is 0 Å². The van der Waals surface area contributed by atoms with E-state index in [0.717, 1.165) is 12.8 Å². The third-order valence-electron chi connectivity index (χ3n) is 7.25. The van der Waals surface area contributed by atoms with Crippen LogP contribution in [-0.2, 0) is 19.1 Å². The molecule has 3 saturated heterocycles. The van der Waals surface area contributed by atoms with Crippen molar-refractivity contribution in [3.63, 3.8) is 0 Å². The summed E-state index contributed by atoms with van der Waals surface area (Å²) in [5.74, 6) is -2.07. The van der Waals surface area contributed by atoms with Crippen molar-refractivity contribution in [3.05, 3.63) is 0 Å². The van der Waals surface area contributed by atoms with E-state index >= 15 is 0 Å². The van der Waals surface area contributed by atoms with Crippen molar-refractivity contribution >= 4 is 17.7 Å². The molecule has 3 fully saturated rings. The Balaban J connectivity index is 2.05. The van der Waals surface area contributed by atoms with Gasteiger partial charge in [-0.15, -0.1) is 0 Å². The van der Waals surface area contributed by atoms with Crippen LogP contribution in [0.25, 0.3) is 0 Å². The van der Waals surface area contributed by atoms with Crippen molar-refractivity contribution in [2.45, 2.75) is 89.1 Å². The summed E-state index contributed by atoms with van der Waals surface area (Å²) in [5.41, 5.74) is -1.74. The molecule has 0 aromatic rings. The van der Waals surface area contributed by atoms with Gasteiger partial charge in [0.1, 0.15) is 11.6 Å². The van der Waals surface area contributed by atoms with Gasteiger partial charge in [0.2, 0.25) is 17.7 Å². The molecule has 8 heteroatoms. The van der Waals surface area contributed by atoms with Gasteiger partial charge in [0.15, 0.2) is 0 Å². The maximum atomic E-state index is 13.6. The lowest BCUT2D eigenvalue weighted by Crippen LogP contribution is -2.58. The van der Waals surface area contributed by atoms with Gasteiger partial charge < -0.3 is 25.4 Å². The molecule has 3 aliphatic rings. The largest absolute Gasteiger partial charge is 0.394 e. The molecule has 3 rings (SSSR count). The van der Waals surface area contributed by atoms with Crippen LogP contribution in [0.15, 0.2) is 0 Å². The summed E-state index contributed by atoms with van der Waals surface area (Å²) >= 11 is 0. The average molecular weight is 410 g/mol. The number of likely N-dealkylation sites (tertiary alicyclic amines) is 1. The topological polar surface area (TPSA) is 108 Å². The zero-order chi connectivity index (χ0) is 21.6. The molecule has 3 amide bonds. The molecule has 3 N–H and O–H groups in total. The molecule has 164 valence electrons. The zero-order valence-corrected chi connectivity index (χ0v) is 18.2. The van der Waals surface area contributed by atoms with E-state index in [1.165, 1.54) is 4.90 Å². The van der Waals surface area contributed by atoms with Crippen LogP contribution in [0.3, 0.4) is 0 Å². The second kappa shape index (κ2) is 7.87. The van der Waals surface area contributed by atoms with Gasteiger partial charge in [-0.05, 0) is 39.5 Å². The molecule has 0 saturated carbocycles. The van der Waals surface area contributed by atoms with Crippen LogP contribution >= 0.6 is 0 Å². The number of amides is 3. The van der Waals surface area contributed by atoms with Gasteiger partial charge in [0, 0.05) is 13.1 Å². The lowest BCUT2D eigenvalue weighted by atomic mass is 9.65. The van der Waals surface area contributed by atoms with E-state index in [0.29, 0.717) is 19.3 Å². The second-order valence-corrected chi connectivity index (χ2v) is 8.92. The van der Waals surface area contributed by atoms with Crippen molar-refractivity contribution < 1.29 is 24.2 Å². The Morgan fingerprint density at radius 1 is 1.28 bits per heavy atom. The summed E-state index contributed by atoms with van der Waals surface area (Å²) in [6.07, 6.45) is 3.57. The summed E-state index contributed by atoms with van der Waals surface area (Å²) < 4.78 is 6.56. The van der Waals surface area contributed by atoms with E-state index in [9.17, 15) is 19.5 Å². The summed E-state index contributed by atoms with van der Waals surface area (Å²) in [6, 6.07) is -1.41. The monoisotopic (exact) mass is 409 g/mol. The lowest BCUT2D eigenvalue weighted by molar-refractivity contribution is -0.150. The van der Waals surface area contributed by atoms with Crippen LogP contribution < -0.4 is 10.6 Å². The first kappa shape index (κ1) is 22.0. The Bertz CT molecular complexity index is 685. The van der Waals surface area contributed by atoms with Gasteiger partial charge in [-0.3, -0.25) is 14.4 Å². The maximum Gasteiger partial charge on any atom is 0.246 e. The van der Waals surface area contributed by atoms with Gasteiger partial charge in [-0.2, -0.15) is 0 Å². The van der Waals surface area contributed by atoms with Crippen molar-refractivity contribution in [2.75, 3.05) is 13.7 Å². The molecule has 29 heavy (non-hydrogen) atoms. The smallest absolute Gasteiger partial charge is 0.246 e.